The Balaban J connectivity index is 1.45. The number of benzene rings is 2. The summed E-state index contributed by atoms with van der Waals surface area (Å²) in [6.07, 6.45) is 0.738. The number of hydrogen-bond acceptors (Lipinski definition) is 3. The van der Waals surface area contributed by atoms with Crippen molar-refractivity contribution < 1.29 is 13.9 Å². The molecule has 0 aromatic heterocycles. The highest BCUT2D eigenvalue weighted by molar-refractivity contribution is 5.22. The Morgan fingerprint density at radius 3 is 2.28 bits per heavy atom. The van der Waals surface area contributed by atoms with Crippen molar-refractivity contribution >= 4 is 0 Å². The quantitative estimate of drug-likeness (QED) is 0.843. The molecule has 25 heavy (non-hydrogen) atoms. The van der Waals surface area contributed by atoms with Crippen LogP contribution in [0.25, 0.3) is 0 Å². The lowest BCUT2D eigenvalue weighted by Crippen LogP contribution is -2.43. The molecule has 0 spiro atoms. The normalized spacial score (nSPS) is 17.6. The van der Waals surface area contributed by atoms with E-state index in [9.17, 15) is 13.9 Å². The van der Waals surface area contributed by atoms with Crippen molar-refractivity contribution in [3.05, 3.63) is 71.3 Å². The zero-order chi connectivity index (χ0) is 17.6. The Morgan fingerprint density at radius 1 is 1.00 bits per heavy atom. The molecule has 2 aromatic carbocycles. The summed E-state index contributed by atoms with van der Waals surface area (Å²) in [5.41, 5.74) is 1.05. The number of nitrogens with one attached hydrogen (secondary N) is 1. The number of piperidine rings is 1. The molecule has 2 N–H and O–H groups in total. The predicted molar refractivity (Wildman–Crippen MR) is 94.1 cm³/mol. The fourth-order valence-electron chi connectivity index (χ4n) is 3.35. The number of aliphatic hydroxyl groups is 1. The third-order valence-electron chi connectivity index (χ3n) is 4.77. The topological polar surface area (TPSA) is 35.5 Å². The summed E-state index contributed by atoms with van der Waals surface area (Å²) >= 11 is 0. The van der Waals surface area contributed by atoms with E-state index in [0.29, 0.717) is 0 Å². The van der Waals surface area contributed by atoms with E-state index < -0.39 is 17.7 Å². The van der Waals surface area contributed by atoms with E-state index in [1.165, 1.54) is 23.8 Å². The lowest BCUT2D eigenvalue weighted by atomic mass is 10.0. The second kappa shape index (κ2) is 8.52. The van der Waals surface area contributed by atoms with E-state index in [2.05, 4.69) is 22.3 Å². The molecule has 0 amide bonds. The van der Waals surface area contributed by atoms with Crippen LogP contribution in [0, 0.1) is 11.6 Å². The molecule has 3 rings (SSSR count). The van der Waals surface area contributed by atoms with E-state index in [4.69, 9.17) is 0 Å². The molecule has 1 fully saturated rings. The summed E-state index contributed by atoms with van der Waals surface area (Å²) in [6.45, 7) is 3.03. The number of likely N-dealkylation sites (tertiary alicyclic amines) is 1. The number of hydrogen-bond donors (Lipinski definition) is 2. The highest BCUT2D eigenvalue weighted by Crippen LogP contribution is 2.21. The maximum absolute atomic E-state index is 13.7. The molecule has 1 heterocycles. The molecule has 1 unspecified atom stereocenters. The van der Waals surface area contributed by atoms with Crippen LogP contribution in [0.2, 0.25) is 0 Å². The van der Waals surface area contributed by atoms with Crippen LogP contribution in [-0.4, -0.2) is 35.7 Å². The summed E-state index contributed by atoms with van der Waals surface area (Å²) < 4.78 is 27.4. The molecule has 1 aliphatic heterocycles. The van der Waals surface area contributed by atoms with Gasteiger partial charge in [-0.1, -0.05) is 36.4 Å². The highest BCUT2D eigenvalue weighted by Gasteiger charge is 2.22. The zero-order valence-corrected chi connectivity index (χ0v) is 14.2. The standard InChI is InChI=1S/C20H24F2N2O/c21-17-7-4-8-18(22)20(17)19(25)13-23-16-9-11-24(12-10-16)14-15-5-2-1-3-6-15/h1-8,16,19,23,25H,9-14H2. The van der Waals surface area contributed by atoms with Gasteiger partial charge in [-0.25, -0.2) is 8.78 Å². The number of halogens is 2. The van der Waals surface area contributed by atoms with Crippen molar-refractivity contribution in [3.8, 4) is 0 Å². The molecule has 1 saturated heterocycles. The van der Waals surface area contributed by atoms with Gasteiger partial charge in [0.15, 0.2) is 0 Å². The van der Waals surface area contributed by atoms with Gasteiger partial charge in [0.2, 0.25) is 0 Å². The van der Waals surface area contributed by atoms with E-state index >= 15 is 0 Å². The van der Waals surface area contributed by atoms with Gasteiger partial charge >= 0.3 is 0 Å². The zero-order valence-electron chi connectivity index (χ0n) is 14.2. The smallest absolute Gasteiger partial charge is 0.131 e. The van der Waals surface area contributed by atoms with Gasteiger partial charge in [0.25, 0.3) is 0 Å². The van der Waals surface area contributed by atoms with Crippen molar-refractivity contribution in [1.29, 1.82) is 0 Å². The van der Waals surface area contributed by atoms with Crippen LogP contribution in [0.4, 0.5) is 8.78 Å². The molecular weight excluding hydrogens is 322 g/mol. The molecule has 0 radical (unpaired) electrons. The first-order valence-corrected chi connectivity index (χ1v) is 8.75. The second-order valence-corrected chi connectivity index (χ2v) is 6.60. The molecule has 0 bridgehead atoms. The lowest BCUT2D eigenvalue weighted by Gasteiger charge is -2.33. The average molecular weight is 346 g/mol. The molecule has 1 atom stereocenters. The van der Waals surface area contributed by atoms with Gasteiger partial charge in [-0.2, -0.15) is 0 Å². The van der Waals surface area contributed by atoms with Crippen molar-refractivity contribution in [2.45, 2.75) is 31.5 Å². The van der Waals surface area contributed by atoms with Gasteiger partial charge in [-0.05, 0) is 43.6 Å². The maximum atomic E-state index is 13.7. The molecular formula is C20H24F2N2O. The van der Waals surface area contributed by atoms with E-state index in [1.54, 1.807) is 0 Å². The minimum absolute atomic E-state index is 0.154. The first-order valence-electron chi connectivity index (χ1n) is 8.75. The molecule has 0 aliphatic carbocycles. The number of rotatable bonds is 6. The minimum atomic E-state index is -1.18. The molecule has 0 saturated carbocycles. The fourth-order valence-corrected chi connectivity index (χ4v) is 3.35. The summed E-state index contributed by atoms with van der Waals surface area (Å²) in [7, 11) is 0. The van der Waals surface area contributed by atoms with Crippen molar-refractivity contribution in [1.82, 2.24) is 10.2 Å². The Labute approximate surface area is 147 Å². The van der Waals surface area contributed by atoms with Crippen LogP contribution >= 0.6 is 0 Å². The van der Waals surface area contributed by atoms with Gasteiger partial charge < -0.3 is 10.4 Å². The minimum Gasteiger partial charge on any atom is -0.387 e. The monoisotopic (exact) mass is 346 g/mol. The third kappa shape index (κ3) is 4.84. The molecule has 2 aromatic rings. The molecule has 5 heteroatoms. The van der Waals surface area contributed by atoms with Crippen molar-refractivity contribution in [2.75, 3.05) is 19.6 Å². The molecule has 3 nitrogen and oxygen atoms in total. The highest BCUT2D eigenvalue weighted by atomic mass is 19.1. The van der Waals surface area contributed by atoms with Gasteiger partial charge in [-0.3, -0.25) is 4.90 Å². The summed E-state index contributed by atoms with van der Waals surface area (Å²) in [5.74, 6) is -1.40. The van der Waals surface area contributed by atoms with Crippen LogP contribution < -0.4 is 5.32 Å². The number of nitrogens with zero attached hydrogens (tertiary/aromatic N) is 1. The maximum Gasteiger partial charge on any atom is 0.131 e. The first-order chi connectivity index (χ1) is 12.1. The first kappa shape index (κ1) is 18.0. The van der Waals surface area contributed by atoms with E-state index in [-0.39, 0.29) is 18.2 Å². The van der Waals surface area contributed by atoms with E-state index in [0.717, 1.165) is 32.5 Å². The van der Waals surface area contributed by atoms with E-state index in [1.807, 2.05) is 18.2 Å². The van der Waals surface area contributed by atoms with Gasteiger partial charge in [-0.15, -0.1) is 0 Å². The SMILES string of the molecule is OC(CNC1CCN(Cc2ccccc2)CC1)c1c(F)cccc1F. The summed E-state index contributed by atoms with van der Waals surface area (Å²) in [4.78, 5) is 2.40. The second-order valence-electron chi connectivity index (χ2n) is 6.60. The Kier molecular flexibility index (Phi) is 6.13. The third-order valence-corrected chi connectivity index (χ3v) is 4.77. The van der Waals surface area contributed by atoms with Crippen molar-refractivity contribution in [3.63, 3.8) is 0 Å². The van der Waals surface area contributed by atoms with Crippen LogP contribution in [-0.2, 0) is 6.54 Å². The van der Waals surface area contributed by atoms with Crippen LogP contribution in [0.15, 0.2) is 48.5 Å². The van der Waals surface area contributed by atoms with Crippen molar-refractivity contribution in [2.24, 2.45) is 0 Å². The Bertz CT molecular complexity index is 652. The Morgan fingerprint density at radius 2 is 1.64 bits per heavy atom. The van der Waals surface area contributed by atoms with Gasteiger partial charge in [0.1, 0.15) is 11.6 Å². The summed E-state index contributed by atoms with van der Waals surface area (Å²) in [5, 5.41) is 13.4. The Hall–Kier alpha value is -1.82. The van der Waals surface area contributed by atoms with Crippen LogP contribution in [0.1, 0.15) is 30.1 Å². The predicted octanol–water partition coefficient (Wildman–Crippen LogP) is 3.25. The van der Waals surface area contributed by atoms with Crippen LogP contribution in [0.5, 0.6) is 0 Å². The largest absolute Gasteiger partial charge is 0.387 e. The summed E-state index contributed by atoms with van der Waals surface area (Å²) in [6, 6.07) is 14.3. The van der Waals surface area contributed by atoms with Crippen LogP contribution in [0.3, 0.4) is 0 Å². The van der Waals surface area contributed by atoms with Gasteiger partial charge in [0, 0.05) is 19.1 Å². The molecule has 1 aliphatic rings. The average Bonchev–Trinajstić information content (AvgIpc) is 2.62. The van der Waals surface area contributed by atoms with Gasteiger partial charge in [0.05, 0.1) is 11.7 Å². The number of aliphatic hydroxyl groups excluding tert-OH is 1. The lowest BCUT2D eigenvalue weighted by molar-refractivity contribution is 0.143. The fraction of sp³-hybridized carbons (Fsp3) is 0.400. The molecule has 134 valence electrons.